The number of methoxy groups -OCH3 is 1. The Bertz CT molecular complexity index is 873. The first-order chi connectivity index (χ1) is 17.7. The van der Waals surface area contributed by atoms with Crippen molar-refractivity contribution in [1.29, 1.82) is 0 Å². The van der Waals surface area contributed by atoms with E-state index >= 15 is 0 Å². The van der Waals surface area contributed by atoms with Crippen LogP contribution >= 0.6 is 0 Å². The monoisotopic (exact) mass is 525 g/mol. The molecule has 0 heterocycles. The molecule has 11 nitrogen and oxygen atoms in total. The Balaban J connectivity index is 2.99. The van der Waals surface area contributed by atoms with Gasteiger partial charge in [-0.1, -0.05) is 33.3 Å². The number of esters is 2. The van der Waals surface area contributed by atoms with E-state index in [-0.39, 0.29) is 43.6 Å². The molecule has 0 spiro atoms. The predicted molar refractivity (Wildman–Crippen MR) is 134 cm³/mol. The second kappa shape index (κ2) is 18.0. The predicted octanol–water partition coefficient (Wildman–Crippen LogP) is 4.33. The average Bonchev–Trinajstić information content (AvgIpc) is 2.88. The molecule has 1 N–H and O–H groups in total. The highest BCUT2D eigenvalue weighted by Crippen LogP contribution is 2.30. The number of ether oxygens (including phenoxy) is 6. The second-order valence-electron chi connectivity index (χ2n) is 8.27. The summed E-state index contributed by atoms with van der Waals surface area (Å²) in [7, 11) is 1.27. The minimum atomic E-state index is -0.966. The topological polar surface area (TPSA) is 136 Å². The van der Waals surface area contributed by atoms with Gasteiger partial charge in [0.15, 0.2) is 11.5 Å². The highest BCUT2D eigenvalue weighted by molar-refractivity contribution is 5.76. The first-order valence-corrected chi connectivity index (χ1v) is 12.6. The van der Waals surface area contributed by atoms with Crippen molar-refractivity contribution >= 4 is 24.2 Å². The first kappa shape index (κ1) is 31.7. The summed E-state index contributed by atoms with van der Waals surface area (Å²) >= 11 is 0. The van der Waals surface area contributed by atoms with Crippen molar-refractivity contribution in [3.05, 3.63) is 23.8 Å². The summed E-state index contributed by atoms with van der Waals surface area (Å²) in [6, 6.07) is 3.71. The van der Waals surface area contributed by atoms with Gasteiger partial charge < -0.3 is 33.7 Å². The normalized spacial score (nSPS) is 12.1. The number of rotatable bonds is 16. The molecule has 208 valence electrons. The number of unbranched alkanes of at least 4 members (excludes halogenated alkanes) is 1. The SMILES string of the molecule is CCCCC(=O)OC(C)CN[C@@H](Cc1ccc(OC(=O)OCCC)c(OC(=O)OCCC)c1)C(=O)OC. The summed E-state index contributed by atoms with van der Waals surface area (Å²) in [6.07, 6.45) is 0.946. The molecule has 1 aromatic rings. The summed E-state index contributed by atoms with van der Waals surface area (Å²) in [5.74, 6) is -0.948. The molecular formula is C26H39NO10. The average molecular weight is 526 g/mol. The lowest BCUT2D eigenvalue weighted by Gasteiger charge is -2.20. The fourth-order valence-corrected chi connectivity index (χ4v) is 3.02. The largest absolute Gasteiger partial charge is 0.513 e. The molecular weight excluding hydrogens is 486 g/mol. The Kier molecular flexibility index (Phi) is 15.4. The van der Waals surface area contributed by atoms with Crippen molar-refractivity contribution in [2.75, 3.05) is 26.9 Å². The Morgan fingerprint density at radius 2 is 1.51 bits per heavy atom. The van der Waals surface area contributed by atoms with Crippen LogP contribution in [0.1, 0.15) is 65.4 Å². The zero-order chi connectivity index (χ0) is 27.6. The van der Waals surface area contributed by atoms with Gasteiger partial charge >= 0.3 is 24.2 Å². The summed E-state index contributed by atoms with van der Waals surface area (Å²) in [4.78, 5) is 48.2. The van der Waals surface area contributed by atoms with Gasteiger partial charge in [-0.3, -0.25) is 9.59 Å². The van der Waals surface area contributed by atoms with Gasteiger partial charge in [-0.05, 0) is 50.3 Å². The molecule has 0 amide bonds. The third kappa shape index (κ3) is 13.0. The van der Waals surface area contributed by atoms with E-state index < -0.39 is 30.4 Å². The van der Waals surface area contributed by atoms with Crippen molar-refractivity contribution in [3.63, 3.8) is 0 Å². The van der Waals surface area contributed by atoms with Crippen LogP contribution in [0, 0.1) is 0 Å². The third-order valence-corrected chi connectivity index (χ3v) is 4.89. The van der Waals surface area contributed by atoms with Crippen LogP contribution in [0.4, 0.5) is 9.59 Å². The van der Waals surface area contributed by atoms with Crippen molar-refractivity contribution in [1.82, 2.24) is 5.32 Å². The number of hydrogen-bond donors (Lipinski definition) is 1. The van der Waals surface area contributed by atoms with Crippen molar-refractivity contribution in [2.24, 2.45) is 0 Å². The van der Waals surface area contributed by atoms with Gasteiger partial charge in [0.05, 0.1) is 20.3 Å². The zero-order valence-electron chi connectivity index (χ0n) is 22.3. The van der Waals surface area contributed by atoms with Crippen LogP contribution < -0.4 is 14.8 Å². The second-order valence-corrected chi connectivity index (χ2v) is 8.27. The lowest BCUT2D eigenvalue weighted by Crippen LogP contribution is -2.43. The fourth-order valence-electron chi connectivity index (χ4n) is 3.02. The van der Waals surface area contributed by atoms with Crippen LogP contribution in [0.5, 0.6) is 11.5 Å². The van der Waals surface area contributed by atoms with E-state index in [1.807, 2.05) is 20.8 Å². The minimum Gasteiger partial charge on any atom is -0.468 e. The van der Waals surface area contributed by atoms with Crippen LogP contribution in [-0.2, 0) is 35.0 Å². The standard InChI is InChI=1S/C26H39NO10/c1-6-9-10-23(28)35-18(4)17-27-20(24(29)32-5)15-19-11-12-21(36-25(30)33-13-7-2)22(16-19)37-26(31)34-14-8-3/h11-12,16,18,20,27H,6-10,13-15,17H2,1-5H3/t18?,20-/m0/s1. The van der Waals surface area contributed by atoms with E-state index in [0.717, 1.165) is 12.8 Å². The highest BCUT2D eigenvalue weighted by atomic mass is 16.7. The Morgan fingerprint density at radius 1 is 0.892 bits per heavy atom. The summed E-state index contributed by atoms with van der Waals surface area (Å²) < 4.78 is 30.6. The summed E-state index contributed by atoms with van der Waals surface area (Å²) in [5, 5.41) is 3.05. The van der Waals surface area contributed by atoms with Crippen LogP contribution in [0.2, 0.25) is 0 Å². The molecule has 0 aliphatic carbocycles. The Morgan fingerprint density at radius 3 is 2.08 bits per heavy atom. The van der Waals surface area contributed by atoms with E-state index in [9.17, 15) is 19.2 Å². The minimum absolute atomic E-state index is 0.0477. The zero-order valence-corrected chi connectivity index (χ0v) is 22.3. The van der Waals surface area contributed by atoms with Crippen molar-refractivity contribution in [3.8, 4) is 11.5 Å². The smallest absolute Gasteiger partial charge is 0.468 e. The summed E-state index contributed by atoms with van der Waals surface area (Å²) in [6.45, 7) is 7.92. The van der Waals surface area contributed by atoms with Crippen LogP contribution in [-0.4, -0.2) is 63.3 Å². The van der Waals surface area contributed by atoms with E-state index in [0.29, 0.717) is 24.8 Å². The maximum absolute atomic E-state index is 12.4. The quantitative estimate of drug-likeness (QED) is 0.188. The first-order valence-electron chi connectivity index (χ1n) is 12.6. The molecule has 0 saturated carbocycles. The molecule has 0 radical (unpaired) electrons. The molecule has 11 heteroatoms. The number of carbonyl (C=O) groups is 4. The molecule has 1 rings (SSSR count). The molecule has 37 heavy (non-hydrogen) atoms. The molecule has 2 atom stereocenters. The van der Waals surface area contributed by atoms with Gasteiger partial charge in [-0.15, -0.1) is 0 Å². The number of benzene rings is 1. The van der Waals surface area contributed by atoms with Crippen LogP contribution in [0.3, 0.4) is 0 Å². The lowest BCUT2D eigenvalue weighted by atomic mass is 10.0. The number of nitrogens with one attached hydrogen (secondary N) is 1. The van der Waals surface area contributed by atoms with Gasteiger partial charge in [0, 0.05) is 13.0 Å². The molecule has 0 saturated heterocycles. The van der Waals surface area contributed by atoms with Gasteiger partial charge in [-0.25, -0.2) is 9.59 Å². The molecule has 0 aliphatic rings. The van der Waals surface area contributed by atoms with Gasteiger partial charge in [0.1, 0.15) is 12.1 Å². The van der Waals surface area contributed by atoms with E-state index in [4.69, 9.17) is 28.4 Å². The van der Waals surface area contributed by atoms with Crippen molar-refractivity contribution in [2.45, 2.75) is 78.4 Å². The van der Waals surface area contributed by atoms with Gasteiger partial charge in [-0.2, -0.15) is 0 Å². The molecule has 0 aliphatic heterocycles. The van der Waals surface area contributed by atoms with Crippen molar-refractivity contribution < 1.29 is 47.6 Å². The Labute approximate surface area is 218 Å². The van der Waals surface area contributed by atoms with Gasteiger partial charge in [0.2, 0.25) is 0 Å². The fraction of sp³-hybridized carbons (Fsp3) is 0.615. The van der Waals surface area contributed by atoms with Gasteiger partial charge in [0.25, 0.3) is 0 Å². The maximum atomic E-state index is 12.4. The van der Waals surface area contributed by atoms with E-state index in [1.54, 1.807) is 13.0 Å². The molecule has 1 aromatic carbocycles. The van der Waals surface area contributed by atoms with Crippen LogP contribution in [0.25, 0.3) is 0 Å². The number of hydrogen-bond acceptors (Lipinski definition) is 11. The summed E-state index contributed by atoms with van der Waals surface area (Å²) in [5.41, 5.74) is 0.572. The highest BCUT2D eigenvalue weighted by Gasteiger charge is 2.23. The Hall–Kier alpha value is -3.34. The molecule has 0 bridgehead atoms. The third-order valence-electron chi connectivity index (χ3n) is 4.89. The number of carbonyl (C=O) groups excluding carboxylic acids is 4. The molecule has 0 aromatic heterocycles. The van der Waals surface area contributed by atoms with E-state index in [1.165, 1.54) is 19.2 Å². The van der Waals surface area contributed by atoms with Crippen LogP contribution in [0.15, 0.2) is 18.2 Å². The lowest BCUT2D eigenvalue weighted by molar-refractivity contribution is -0.148. The molecule has 1 unspecified atom stereocenters. The maximum Gasteiger partial charge on any atom is 0.513 e. The molecule has 0 fully saturated rings. The van der Waals surface area contributed by atoms with E-state index in [2.05, 4.69) is 5.32 Å².